The third-order valence-electron chi connectivity index (χ3n) is 5.63. The van der Waals surface area contributed by atoms with Gasteiger partial charge in [0.05, 0.1) is 35.2 Å². The maximum Gasteiger partial charge on any atom is 0.573 e. The van der Waals surface area contributed by atoms with Crippen molar-refractivity contribution in [2.45, 2.75) is 26.4 Å². The normalized spacial score (nSPS) is 13.9. The number of rotatable bonds is 7. The first-order chi connectivity index (χ1) is 17.5. The Hall–Kier alpha value is -3.65. The number of hydrogen-bond donors (Lipinski definition) is 0. The lowest BCUT2D eigenvalue weighted by atomic mass is 10.0. The lowest BCUT2D eigenvalue weighted by Crippen LogP contribution is -2.35. The molecular formula is C24H22F3N3O6S2. The van der Waals surface area contributed by atoms with Crippen molar-refractivity contribution in [3.8, 4) is 17.0 Å². The first-order valence-electron chi connectivity index (χ1n) is 11.0. The fourth-order valence-electron chi connectivity index (χ4n) is 4.29. The van der Waals surface area contributed by atoms with E-state index in [0.717, 1.165) is 12.5 Å². The Balaban J connectivity index is 1.61. The van der Waals surface area contributed by atoms with Gasteiger partial charge in [0.1, 0.15) is 5.75 Å². The molecule has 0 aliphatic carbocycles. The number of halogens is 3. The van der Waals surface area contributed by atoms with Crippen LogP contribution in [0.15, 0.2) is 54.6 Å². The van der Waals surface area contributed by atoms with Crippen LogP contribution in [0.4, 0.5) is 18.9 Å². The summed E-state index contributed by atoms with van der Waals surface area (Å²) in [7, 11) is -8.28. The Bertz CT molecular complexity index is 1590. The molecule has 0 atom stereocenters. The Morgan fingerprint density at radius 3 is 2.21 bits per heavy atom. The highest BCUT2D eigenvalue weighted by Gasteiger charge is 2.32. The van der Waals surface area contributed by atoms with Crippen molar-refractivity contribution >= 4 is 31.6 Å². The second kappa shape index (κ2) is 9.58. The van der Waals surface area contributed by atoms with Crippen LogP contribution in [0.1, 0.15) is 27.2 Å². The van der Waals surface area contributed by atoms with Crippen LogP contribution in [0.25, 0.3) is 11.3 Å². The molecule has 0 fully saturated rings. The van der Waals surface area contributed by atoms with Gasteiger partial charge in [-0.3, -0.25) is 9.78 Å². The molecule has 1 aliphatic rings. The van der Waals surface area contributed by atoms with Gasteiger partial charge in [-0.25, -0.2) is 16.8 Å². The molecule has 2 aromatic carbocycles. The van der Waals surface area contributed by atoms with Crippen LogP contribution in [-0.4, -0.2) is 51.5 Å². The molecule has 0 spiro atoms. The molecule has 0 radical (unpaired) electrons. The number of sulfonamides is 2. The molecule has 1 amide bonds. The molecule has 2 heterocycles. The topological polar surface area (TPSA) is 114 Å². The summed E-state index contributed by atoms with van der Waals surface area (Å²) in [6, 6.07) is 12.8. The summed E-state index contributed by atoms with van der Waals surface area (Å²) in [5.41, 5.74) is 2.85. The number of aryl methyl sites for hydroxylation is 1. The van der Waals surface area contributed by atoms with Crippen LogP contribution >= 0.6 is 0 Å². The number of nitrogens with zero attached hydrogens (tertiary/aromatic N) is 3. The van der Waals surface area contributed by atoms with Crippen molar-refractivity contribution in [2.75, 3.05) is 16.2 Å². The van der Waals surface area contributed by atoms with Crippen molar-refractivity contribution in [3.63, 3.8) is 0 Å². The van der Waals surface area contributed by atoms with Crippen LogP contribution in [0, 0.1) is 6.92 Å². The van der Waals surface area contributed by atoms with E-state index in [2.05, 4.69) is 9.72 Å². The summed E-state index contributed by atoms with van der Waals surface area (Å²) in [6.07, 6.45) is -3.23. The molecular weight excluding hydrogens is 547 g/mol. The second-order valence-corrected chi connectivity index (χ2v) is 12.6. The number of hydrogen-bond acceptors (Lipinski definition) is 7. The Kier molecular flexibility index (Phi) is 6.91. The van der Waals surface area contributed by atoms with E-state index in [4.69, 9.17) is 0 Å². The fourth-order valence-corrected chi connectivity index (χ4v) is 7.25. The van der Waals surface area contributed by atoms with E-state index in [1.54, 1.807) is 19.1 Å². The van der Waals surface area contributed by atoms with Gasteiger partial charge >= 0.3 is 6.36 Å². The van der Waals surface area contributed by atoms with E-state index >= 15 is 0 Å². The number of benzene rings is 2. The summed E-state index contributed by atoms with van der Waals surface area (Å²) in [5, 5.41) is 0. The zero-order valence-corrected chi connectivity index (χ0v) is 22.0. The molecule has 0 saturated carbocycles. The fraction of sp³-hybridized carbons (Fsp3) is 0.250. The molecule has 0 unspecified atom stereocenters. The lowest BCUT2D eigenvalue weighted by molar-refractivity contribution is -0.274. The van der Waals surface area contributed by atoms with Crippen molar-refractivity contribution in [3.05, 3.63) is 77.0 Å². The summed E-state index contributed by atoms with van der Waals surface area (Å²) in [4.78, 5) is 19.1. The Morgan fingerprint density at radius 2 is 1.63 bits per heavy atom. The largest absolute Gasteiger partial charge is 0.573 e. The summed E-state index contributed by atoms with van der Waals surface area (Å²) >= 11 is 0. The molecule has 1 aromatic heterocycles. The highest BCUT2D eigenvalue weighted by Crippen LogP contribution is 2.33. The van der Waals surface area contributed by atoms with Crippen molar-refractivity contribution in [1.29, 1.82) is 0 Å². The summed E-state index contributed by atoms with van der Waals surface area (Å²) in [6.45, 7) is 2.00. The van der Waals surface area contributed by atoms with Crippen LogP contribution < -0.4 is 8.45 Å². The molecule has 38 heavy (non-hydrogen) atoms. The Labute approximate surface area is 217 Å². The van der Waals surface area contributed by atoms with Gasteiger partial charge in [0.15, 0.2) is 0 Å². The van der Waals surface area contributed by atoms with Crippen LogP contribution in [0.3, 0.4) is 0 Å². The number of alkyl halides is 3. The van der Waals surface area contributed by atoms with Gasteiger partial charge in [0.2, 0.25) is 20.0 Å². The number of carbonyl (C=O) groups excluding carboxylic acids is 1. The maximum absolute atomic E-state index is 13.1. The van der Waals surface area contributed by atoms with Crippen LogP contribution in [0.2, 0.25) is 0 Å². The molecule has 14 heteroatoms. The van der Waals surface area contributed by atoms with Crippen molar-refractivity contribution in [1.82, 2.24) is 9.88 Å². The number of pyridine rings is 1. The predicted molar refractivity (Wildman–Crippen MR) is 133 cm³/mol. The first-order valence-corrected chi connectivity index (χ1v) is 14.7. The van der Waals surface area contributed by atoms with E-state index < -0.39 is 26.4 Å². The predicted octanol–water partition coefficient (Wildman–Crippen LogP) is 3.84. The minimum Gasteiger partial charge on any atom is -0.406 e. The highest BCUT2D eigenvalue weighted by molar-refractivity contribution is 8.09. The van der Waals surface area contributed by atoms with E-state index in [0.29, 0.717) is 37.4 Å². The van der Waals surface area contributed by atoms with Gasteiger partial charge in [-0.15, -0.1) is 13.2 Å². The Morgan fingerprint density at radius 1 is 1.00 bits per heavy atom. The number of fused-ring (bicyclic) bond motifs is 1. The molecule has 202 valence electrons. The van der Waals surface area contributed by atoms with E-state index in [9.17, 15) is 34.8 Å². The minimum absolute atomic E-state index is 0.0805. The van der Waals surface area contributed by atoms with Crippen molar-refractivity contribution in [2.24, 2.45) is 0 Å². The molecule has 0 N–H and O–H groups in total. The number of carbonyl (C=O) groups is 1. The average molecular weight is 570 g/mol. The smallest absolute Gasteiger partial charge is 0.406 e. The molecule has 4 rings (SSSR count). The molecule has 9 nitrogen and oxygen atoms in total. The van der Waals surface area contributed by atoms with E-state index in [1.807, 2.05) is 0 Å². The molecule has 3 aromatic rings. The van der Waals surface area contributed by atoms with Crippen molar-refractivity contribution < 1.29 is 39.5 Å². The van der Waals surface area contributed by atoms with Gasteiger partial charge < -0.3 is 9.64 Å². The van der Waals surface area contributed by atoms with Crippen LogP contribution in [-0.2, 0) is 33.1 Å². The highest BCUT2D eigenvalue weighted by atomic mass is 32.3. The monoisotopic (exact) mass is 569 g/mol. The standard InChI is InChI=1S/C24H22F3N3O6S2/c1-15-22-18(14-29(23(22)31)13-16-7-9-20(10-8-16)36-24(25,26)27)12-21(28-15)17-5-4-6-19(11-17)30(37(2,32)33)38(3,34)35/h4-12H,13-14H2,1-3H3. The zero-order chi connectivity index (χ0) is 28.0. The van der Waals surface area contributed by atoms with E-state index in [-0.39, 0.29) is 30.4 Å². The molecule has 0 saturated heterocycles. The first kappa shape index (κ1) is 27.4. The maximum atomic E-state index is 13.1. The molecule has 0 bridgehead atoms. The summed E-state index contributed by atoms with van der Waals surface area (Å²) in [5.74, 6) is -0.657. The second-order valence-electron chi connectivity index (χ2n) is 8.75. The minimum atomic E-state index is -4.80. The number of anilines is 1. The lowest BCUT2D eigenvalue weighted by Gasteiger charge is -2.20. The quantitative estimate of drug-likeness (QED) is 0.425. The van der Waals surface area contributed by atoms with Gasteiger partial charge in [-0.2, -0.15) is 3.71 Å². The van der Waals surface area contributed by atoms with Crippen LogP contribution in [0.5, 0.6) is 5.75 Å². The van der Waals surface area contributed by atoms with Gasteiger partial charge in [-0.1, -0.05) is 24.3 Å². The van der Waals surface area contributed by atoms with Gasteiger partial charge in [0, 0.05) is 18.7 Å². The number of ether oxygens (including phenoxy) is 1. The SMILES string of the molecule is Cc1nc(-c2cccc(N(S(C)(=O)=O)S(C)(=O)=O)c2)cc2c1C(=O)N(Cc1ccc(OC(F)(F)F)cc1)C2. The van der Waals surface area contributed by atoms with Gasteiger partial charge in [-0.05, 0) is 48.4 Å². The number of aromatic nitrogens is 1. The zero-order valence-electron chi connectivity index (χ0n) is 20.4. The summed E-state index contributed by atoms with van der Waals surface area (Å²) < 4.78 is 90.1. The van der Waals surface area contributed by atoms with E-state index in [1.165, 1.54) is 47.4 Å². The third kappa shape index (κ3) is 5.91. The van der Waals surface area contributed by atoms with Gasteiger partial charge in [0.25, 0.3) is 5.91 Å². The average Bonchev–Trinajstić information content (AvgIpc) is 3.08. The number of amides is 1. The third-order valence-corrected chi connectivity index (χ3v) is 8.88. The molecule has 1 aliphatic heterocycles.